The molecular formula is C49H37BN6OPt-2. The van der Waals surface area contributed by atoms with Crippen molar-refractivity contribution in [2.24, 2.45) is 0 Å². The molecule has 58 heavy (non-hydrogen) atoms. The van der Waals surface area contributed by atoms with E-state index in [2.05, 4.69) is 43.2 Å². The van der Waals surface area contributed by atoms with Gasteiger partial charge in [-0.05, 0) is 18.6 Å². The second-order valence-corrected chi connectivity index (χ2v) is 14.7. The third kappa shape index (κ3) is 6.25. The number of para-hydroxylation sites is 3. The fraction of sp³-hybridized carbons (Fsp3) is 0.0816. The number of aromatic nitrogens is 5. The quantitative estimate of drug-likeness (QED) is 0.107. The maximum absolute atomic E-state index is 9.05. The van der Waals surface area contributed by atoms with E-state index in [1.165, 1.54) is 0 Å². The van der Waals surface area contributed by atoms with Crippen LogP contribution in [0, 0.1) is 22.9 Å². The monoisotopic (exact) mass is 941 g/mol. The van der Waals surface area contributed by atoms with Crippen molar-refractivity contribution in [2.45, 2.75) is 26.6 Å². The molecule has 0 spiro atoms. The van der Waals surface area contributed by atoms with E-state index in [1.807, 2.05) is 87.4 Å². The van der Waals surface area contributed by atoms with Crippen LogP contribution >= 0.6 is 0 Å². The summed E-state index contributed by atoms with van der Waals surface area (Å²) in [5.41, 5.74) is 5.93. The van der Waals surface area contributed by atoms with Gasteiger partial charge in [0.05, 0.1) is 0 Å². The molecule has 0 bridgehead atoms. The second-order valence-electron chi connectivity index (χ2n) is 13.7. The summed E-state index contributed by atoms with van der Waals surface area (Å²) in [5, 5.41) is 4.72. The van der Waals surface area contributed by atoms with Crippen molar-refractivity contribution in [2.75, 3.05) is 4.81 Å². The number of hydrogen-bond acceptors (Lipinski definition) is 4. The van der Waals surface area contributed by atoms with Gasteiger partial charge in [0.2, 0.25) is 0 Å². The van der Waals surface area contributed by atoms with E-state index in [-0.39, 0.29) is 34.9 Å². The summed E-state index contributed by atoms with van der Waals surface area (Å²) in [6.07, 6.45) is 5.31. The molecule has 0 amide bonds. The van der Waals surface area contributed by atoms with Crippen LogP contribution in [0.25, 0.3) is 55.9 Å². The Balaban J connectivity index is 1.16. The molecule has 284 valence electrons. The van der Waals surface area contributed by atoms with Gasteiger partial charge in [-0.1, -0.05) is 13.3 Å². The number of imidazole rings is 1. The molecule has 1 aliphatic rings. The number of fused-ring (bicyclic) bond motifs is 4. The molecule has 0 saturated carbocycles. The van der Waals surface area contributed by atoms with Crippen LogP contribution in [-0.2, 0) is 19.4 Å². The minimum atomic E-state index is -0.564. The van der Waals surface area contributed by atoms with Crippen molar-refractivity contribution < 1.29 is 37.8 Å². The zero-order valence-electron chi connectivity index (χ0n) is 41.2. The molecule has 6 aromatic carbocycles. The first kappa shape index (κ1) is 26.4. The minimum absolute atomic E-state index is 0.119. The van der Waals surface area contributed by atoms with Crippen molar-refractivity contribution in [3.63, 3.8) is 0 Å². The second kappa shape index (κ2) is 15.1. The van der Waals surface area contributed by atoms with Gasteiger partial charge in [-0.2, -0.15) is 5.10 Å². The topological polar surface area (TPSA) is 53.0 Å². The number of pyridine rings is 1. The van der Waals surface area contributed by atoms with Gasteiger partial charge in [0.15, 0.2) is 0 Å². The number of rotatable bonds is 9. The molecule has 0 aliphatic carbocycles. The molecule has 0 fully saturated rings. The van der Waals surface area contributed by atoms with Crippen LogP contribution in [-0.4, -0.2) is 30.8 Å². The van der Waals surface area contributed by atoms with Gasteiger partial charge >= 0.3 is 315 Å². The van der Waals surface area contributed by atoms with Gasteiger partial charge in [0, 0.05) is 12.4 Å². The number of hydrogen-bond donors (Lipinski definition) is 0. The summed E-state index contributed by atoms with van der Waals surface area (Å²) in [6.45, 7) is 4.02. The van der Waals surface area contributed by atoms with E-state index in [1.54, 1.807) is 36.7 Å². The molecule has 0 N–H and O–H groups in total. The van der Waals surface area contributed by atoms with Crippen molar-refractivity contribution >= 4 is 29.5 Å². The Labute approximate surface area is 363 Å². The summed E-state index contributed by atoms with van der Waals surface area (Å²) in [7, 11) is 0. The fourth-order valence-corrected chi connectivity index (χ4v) is 8.70. The zero-order valence-corrected chi connectivity index (χ0v) is 33.5. The van der Waals surface area contributed by atoms with E-state index in [9.17, 15) is 0 Å². The van der Waals surface area contributed by atoms with E-state index in [4.69, 9.17) is 28.5 Å². The van der Waals surface area contributed by atoms with Crippen LogP contribution in [0.15, 0.2) is 164 Å². The van der Waals surface area contributed by atoms with Gasteiger partial charge in [0.25, 0.3) is 0 Å². The maximum atomic E-state index is 9.05. The Bertz CT molecular complexity index is 3470. The van der Waals surface area contributed by atoms with Crippen molar-refractivity contribution in [3.05, 3.63) is 185 Å². The molecule has 0 radical (unpaired) electrons. The number of ether oxygens (including phenoxy) is 1. The summed E-state index contributed by atoms with van der Waals surface area (Å²) in [5.74, 6) is 1.58. The van der Waals surface area contributed by atoms with E-state index in [0.29, 0.717) is 32.0 Å². The fourth-order valence-electron chi connectivity index (χ4n) is 7.63. The summed E-state index contributed by atoms with van der Waals surface area (Å²) in [4.78, 5) is 6.94. The molecule has 1 aliphatic heterocycles. The number of benzene rings is 6. The standard InChI is InChI=1S/C49H37BN6O.Pt/c1-3-28-50-55(48-31-35(2)26-29-51-48)47-33-40(24-25-43(47)44-27-30-52-56(44)50)57-39-19-12-18-38(32-39)53-34-54(46-23-11-10-22-45(46)53)49-41(36-14-6-4-7-15-36)20-13-21-42(49)37-16-8-5-9-17-37;/h4-27,29-31H,3,28H2,1-2H3;/q-2;/i4D,5D,6D,7D,8D,9D,14D,15D,16D,17D;. The Morgan fingerprint density at radius 3 is 2.12 bits per heavy atom. The third-order valence-corrected chi connectivity index (χ3v) is 11.1. The predicted octanol–water partition coefficient (Wildman–Crippen LogP) is 11.7. The van der Waals surface area contributed by atoms with Gasteiger partial charge in [-0.3, -0.25) is 0 Å². The summed E-state index contributed by atoms with van der Waals surface area (Å²) in [6, 6.07) is 29.5. The Morgan fingerprint density at radius 2 is 1.41 bits per heavy atom. The van der Waals surface area contributed by atoms with Crippen LogP contribution in [0.2, 0.25) is 6.32 Å². The van der Waals surface area contributed by atoms with Crippen molar-refractivity contribution in [1.82, 2.24) is 23.8 Å². The third-order valence-electron chi connectivity index (χ3n) is 10.1. The zero-order chi connectivity index (χ0) is 47.9. The SMILES string of the molecule is [2H]c1c([2H])c([2H])c(-c2cccc(-c3c([2H])c([2H])c([2H])c([2H])c3[2H])c2-n2[c](=[Pt])n(-c3[c-]c(Oc4[c-]c5c(cc4)-c4ccnn4B(CCC)N5c4cc(C)ccn4)ccc3)c3ccccc32)c([2H])c1[2H]. The van der Waals surface area contributed by atoms with E-state index >= 15 is 0 Å². The Hall–Kier alpha value is -6.50. The van der Waals surface area contributed by atoms with Crippen molar-refractivity contribution in [3.8, 4) is 56.4 Å². The molecule has 10 rings (SSSR count). The van der Waals surface area contributed by atoms with Gasteiger partial charge in [-0.25, -0.2) is 0 Å². The summed E-state index contributed by atoms with van der Waals surface area (Å²) < 4.78 is 100. The number of anilines is 2. The molecule has 9 heteroatoms. The molecule has 0 atom stereocenters. The van der Waals surface area contributed by atoms with Crippen molar-refractivity contribution in [1.29, 1.82) is 0 Å². The van der Waals surface area contributed by atoms with E-state index < -0.39 is 60.4 Å². The first-order chi connectivity index (χ1) is 32.7. The van der Waals surface area contributed by atoms with Crippen LogP contribution < -0.4 is 9.55 Å². The Morgan fingerprint density at radius 1 is 0.724 bits per heavy atom. The van der Waals surface area contributed by atoms with Gasteiger partial charge in [-0.15, -0.1) is 0 Å². The van der Waals surface area contributed by atoms with Crippen LogP contribution in [0.5, 0.6) is 11.5 Å². The molecular weight excluding hydrogens is 894 g/mol. The summed E-state index contributed by atoms with van der Waals surface area (Å²) >= 11 is 2.14. The van der Waals surface area contributed by atoms with Crippen LogP contribution in [0.3, 0.4) is 0 Å². The average Bonchev–Trinajstić information content (AvgIpc) is 3.94. The van der Waals surface area contributed by atoms with Gasteiger partial charge < -0.3 is 0 Å². The molecule has 3 aromatic heterocycles. The first-order valence-electron chi connectivity index (χ1n) is 23.7. The normalized spacial score (nSPS) is 14.6. The molecule has 0 unspecified atom stereocenters. The van der Waals surface area contributed by atoms with Gasteiger partial charge in [0.1, 0.15) is 0 Å². The number of aryl methyl sites for hydroxylation is 1. The predicted molar refractivity (Wildman–Crippen MR) is 229 cm³/mol. The van der Waals surface area contributed by atoms with Crippen LogP contribution in [0.1, 0.15) is 32.6 Å². The Kier molecular flexibility index (Phi) is 6.88. The molecule has 0 saturated heterocycles. The molecule has 9 aromatic rings. The number of nitrogens with zero attached hydrogens (tertiary/aromatic N) is 6. The molecule has 4 heterocycles. The van der Waals surface area contributed by atoms with Crippen LogP contribution in [0.4, 0.5) is 11.5 Å². The van der Waals surface area contributed by atoms with E-state index in [0.717, 1.165) is 41.1 Å². The molecule has 7 nitrogen and oxygen atoms in total. The average molecular weight is 942 g/mol. The first-order valence-corrected chi connectivity index (χ1v) is 19.8.